The van der Waals surface area contributed by atoms with Crippen LogP contribution in [-0.2, 0) is 11.2 Å². The van der Waals surface area contributed by atoms with Gasteiger partial charge in [0.15, 0.2) is 0 Å². The number of carbonyl (C=O) groups is 2. The average Bonchev–Trinajstić information content (AvgIpc) is 3.12. The zero-order valence-electron chi connectivity index (χ0n) is 16.4. The Kier molecular flexibility index (Phi) is 6.37. The van der Waals surface area contributed by atoms with Crippen molar-refractivity contribution in [2.24, 2.45) is 0 Å². The molecule has 1 unspecified atom stereocenters. The zero-order chi connectivity index (χ0) is 19.4. The Morgan fingerprint density at radius 1 is 1.22 bits per heavy atom. The molecule has 0 spiro atoms. The summed E-state index contributed by atoms with van der Waals surface area (Å²) in [6.07, 6.45) is 3.73. The number of carboxylic acid groups (broad SMARTS) is 1. The Morgan fingerprint density at radius 2 is 1.93 bits per heavy atom. The number of nitrogens with zero attached hydrogens (tertiary/aromatic N) is 2. The Bertz CT molecular complexity index is 655. The van der Waals surface area contributed by atoms with Crippen molar-refractivity contribution in [3.63, 3.8) is 0 Å². The standard InChI is InChI=1S/C21H31N3O3/c1-3-15-5-7-16(8-6-15)17-9-10-24(13-17)21(27)22-18-11-19(12-18)23(4-2)14-20(25)26/h5-8,17-19H,3-4,9-14H2,1-2H3,(H,22,27)(H,25,26). The van der Waals surface area contributed by atoms with Gasteiger partial charge in [-0.1, -0.05) is 38.1 Å². The molecule has 2 N–H and O–H groups in total. The largest absolute Gasteiger partial charge is 0.480 e. The van der Waals surface area contributed by atoms with Crippen LogP contribution >= 0.6 is 0 Å². The van der Waals surface area contributed by atoms with E-state index in [9.17, 15) is 9.59 Å². The number of amides is 2. The number of hydrogen-bond acceptors (Lipinski definition) is 3. The van der Waals surface area contributed by atoms with E-state index in [-0.39, 0.29) is 24.7 Å². The third-order valence-corrected chi connectivity index (χ3v) is 6.04. The normalized spacial score (nSPS) is 24.7. The molecule has 2 aliphatic rings. The van der Waals surface area contributed by atoms with Crippen LogP contribution in [0.3, 0.4) is 0 Å². The maximum Gasteiger partial charge on any atom is 0.317 e. The van der Waals surface area contributed by atoms with E-state index in [1.165, 1.54) is 11.1 Å². The molecule has 1 atom stereocenters. The summed E-state index contributed by atoms with van der Waals surface area (Å²) < 4.78 is 0. The van der Waals surface area contributed by atoms with E-state index < -0.39 is 5.97 Å². The molecule has 0 radical (unpaired) electrons. The van der Waals surface area contributed by atoms with Crippen LogP contribution in [0, 0.1) is 0 Å². The molecule has 1 saturated heterocycles. The lowest BCUT2D eigenvalue weighted by Crippen LogP contribution is -2.56. The predicted molar refractivity (Wildman–Crippen MR) is 105 cm³/mol. The summed E-state index contributed by atoms with van der Waals surface area (Å²) in [4.78, 5) is 27.4. The molecule has 3 rings (SSSR count). The summed E-state index contributed by atoms with van der Waals surface area (Å²) >= 11 is 0. The number of nitrogens with one attached hydrogen (secondary N) is 1. The second-order valence-corrected chi connectivity index (χ2v) is 7.76. The van der Waals surface area contributed by atoms with Crippen molar-refractivity contribution in [2.45, 2.75) is 57.5 Å². The number of aryl methyl sites for hydroxylation is 1. The fourth-order valence-corrected chi connectivity index (χ4v) is 4.18. The minimum Gasteiger partial charge on any atom is -0.480 e. The van der Waals surface area contributed by atoms with Gasteiger partial charge in [0, 0.05) is 31.1 Å². The topological polar surface area (TPSA) is 72.9 Å². The smallest absolute Gasteiger partial charge is 0.317 e. The van der Waals surface area contributed by atoms with Gasteiger partial charge in [0.05, 0.1) is 6.54 Å². The molecule has 6 heteroatoms. The van der Waals surface area contributed by atoms with Crippen molar-refractivity contribution in [3.05, 3.63) is 35.4 Å². The van der Waals surface area contributed by atoms with E-state index >= 15 is 0 Å². The number of aliphatic carboxylic acids is 1. The summed E-state index contributed by atoms with van der Waals surface area (Å²) in [6, 6.07) is 9.21. The lowest BCUT2D eigenvalue weighted by atomic mass is 9.85. The lowest BCUT2D eigenvalue weighted by Gasteiger charge is -2.42. The number of rotatable bonds is 7. The van der Waals surface area contributed by atoms with Gasteiger partial charge in [-0.3, -0.25) is 9.69 Å². The quantitative estimate of drug-likeness (QED) is 0.771. The van der Waals surface area contributed by atoms with E-state index in [1.807, 2.05) is 16.7 Å². The van der Waals surface area contributed by atoms with Gasteiger partial charge in [-0.15, -0.1) is 0 Å². The van der Waals surface area contributed by atoms with Crippen molar-refractivity contribution in [3.8, 4) is 0 Å². The number of benzene rings is 1. The molecule has 0 bridgehead atoms. The number of hydrogen-bond donors (Lipinski definition) is 2. The molecule has 1 aliphatic heterocycles. The van der Waals surface area contributed by atoms with Crippen molar-refractivity contribution in [2.75, 3.05) is 26.2 Å². The van der Waals surface area contributed by atoms with E-state index in [2.05, 4.69) is 36.5 Å². The van der Waals surface area contributed by atoms with Crippen LogP contribution in [0.1, 0.15) is 50.2 Å². The highest BCUT2D eigenvalue weighted by molar-refractivity contribution is 5.75. The molecule has 6 nitrogen and oxygen atoms in total. The molecule has 2 fully saturated rings. The van der Waals surface area contributed by atoms with Gasteiger partial charge in [-0.25, -0.2) is 4.79 Å². The second kappa shape index (κ2) is 8.74. The van der Waals surface area contributed by atoms with E-state index in [1.54, 1.807) is 0 Å². The van der Waals surface area contributed by atoms with Crippen LogP contribution in [0.25, 0.3) is 0 Å². The Labute approximate surface area is 161 Å². The van der Waals surface area contributed by atoms with Crippen LogP contribution in [0.2, 0.25) is 0 Å². The second-order valence-electron chi connectivity index (χ2n) is 7.76. The first-order valence-electron chi connectivity index (χ1n) is 10.1. The van der Waals surface area contributed by atoms with Gasteiger partial charge in [0.25, 0.3) is 0 Å². The number of carboxylic acids is 1. The molecular weight excluding hydrogens is 342 g/mol. The lowest BCUT2D eigenvalue weighted by molar-refractivity contribution is -0.139. The van der Waals surface area contributed by atoms with Gasteiger partial charge in [-0.2, -0.15) is 0 Å². The molecule has 1 aliphatic carbocycles. The number of urea groups is 1. The van der Waals surface area contributed by atoms with Crippen molar-refractivity contribution in [1.29, 1.82) is 0 Å². The van der Waals surface area contributed by atoms with Crippen LogP contribution in [0.5, 0.6) is 0 Å². The monoisotopic (exact) mass is 373 g/mol. The minimum absolute atomic E-state index is 0.0208. The summed E-state index contributed by atoms with van der Waals surface area (Å²) in [6.45, 7) is 6.50. The average molecular weight is 373 g/mol. The summed E-state index contributed by atoms with van der Waals surface area (Å²) in [7, 11) is 0. The van der Waals surface area contributed by atoms with Gasteiger partial charge in [0.1, 0.15) is 0 Å². The van der Waals surface area contributed by atoms with Crippen molar-refractivity contribution >= 4 is 12.0 Å². The van der Waals surface area contributed by atoms with E-state index in [0.717, 1.165) is 45.3 Å². The van der Waals surface area contributed by atoms with Crippen LogP contribution in [0.4, 0.5) is 4.79 Å². The maximum atomic E-state index is 12.6. The van der Waals surface area contributed by atoms with Gasteiger partial charge < -0.3 is 15.3 Å². The number of carbonyl (C=O) groups excluding carboxylic acids is 1. The van der Waals surface area contributed by atoms with E-state index in [4.69, 9.17) is 5.11 Å². The molecular formula is C21H31N3O3. The SMILES string of the molecule is CCc1ccc(C2CCN(C(=O)NC3CC(N(CC)CC(=O)O)C3)C2)cc1. The highest BCUT2D eigenvalue weighted by atomic mass is 16.4. The third kappa shape index (κ3) is 4.80. The highest BCUT2D eigenvalue weighted by Gasteiger charge is 2.36. The first-order chi connectivity index (χ1) is 13.0. The van der Waals surface area contributed by atoms with Crippen LogP contribution in [0.15, 0.2) is 24.3 Å². The molecule has 1 aromatic carbocycles. The van der Waals surface area contributed by atoms with Gasteiger partial charge in [0.2, 0.25) is 0 Å². The first kappa shape index (κ1) is 19.7. The van der Waals surface area contributed by atoms with E-state index in [0.29, 0.717) is 5.92 Å². The fraction of sp³-hybridized carbons (Fsp3) is 0.619. The molecule has 1 saturated carbocycles. The molecule has 27 heavy (non-hydrogen) atoms. The highest BCUT2D eigenvalue weighted by Crippen LogP contribution is 2.29. The predicted octanol–water partition coefficient (Wildman–Crippen LogP) is 2.69. The fourth-order valence-electron chi connectivity index (χ4n) is 4.18. The van der Waals surface area contributed by atoms with Gasteiger partial charge in [-0.05, 0) is 43.4 Å². The summed E-state index contributed by atoms with van der Waals surface area (Å²) in [5, 5.41) is 12.1. The number of likely N-dealkylation sites (N-methyl/N-ethyl adjacent to an activating group) is 1. The summed E-state index contributed by atoms with van der Waals surface area (Å²) in [5.74, 6) is -0.374. The molecule has 2 amide bonds. The van der Waals surface area contributed by atoms with Crippen molar-refractivity contribution < 1.29 is 14.7 Å². The number of likely N-dealkylation sites (tertiary alicyclic amines) is 1. The maximum absolute atomic E-state index is 12.6. The zero-order valence-corrected chi connectivity index (χ0v) is 16.4. The minimum atomic E-state index is -0.792. The Hall–Kier alpha value is -2.08. The van der Waals surface area contributed by atoms with Gasteiger partial charge >= 0.3 is 12.0 Å². The Balaban J connectivity index is 1.44. The summed E-state index contributed by atoms with van der Waals surface area (Å²) in [5.41, 5.74) is 2.66. The molecule has 0 aromatic heterocycles. The molecule has 1 aromatic rings. The third-order valence-electron chi connectivity index (χ3n) is 6.04. The molecule has 148 valence electrons. The van der Waals surface area contributed by atoms with Crippen molar-refractivity contribution in [1.82, 2.24) is 15.1 Å². The van der Waals surface area contributed by atoms with Crippen LogP contribution in [-0.4, -0.2) is 65.2 Å². The molecule has 1 heterocycles. The van der Waals surface area contributed by atoms with Crippen LogP contribution < -0.4 is 5.32 Å². The Morgan fingerprint density at radius 3 is 2.52 bits per heavy atom. The first-order valence-corrected chi connectivity index (χ1v) is 10.1.